The minimum atomic E-state index is -0.314. The van der Waals surface area contributed by atoms with Crippen molar-refractivity contribution in [3.05, 3.63) is 45.8 Å². The maximum Gasteiger partial charge on any atom is 0.336 e. The minimum Gasteiger partial charge on any atom is -0.423 e. The van der Waals surface area contributed by atoms with Gasteiger partial charge >= 0.3 is 5.63 Å². The van der Waals surface area contributed by atoms with Crippen LogP contribution >= 0.6 is 0 Å². The molecule has 0 amide bonds. The summed E-state index contributed by atoms with van der Waals surface area (Å²) in [4.78, 5) is 14.0. The van der Waals surface area contributed by atoms with E-state index in [9.17, 15) is 9.90 Å². The predicted octanol–water partition coefficient (Wildman–Crippen LogP) is 3.09. The van der Waals surface area contributed by atoms with Gasteiger partial charge in [0.15, 0.2) is 0 Å². The zero-order chi connectivity index (χ0) is 15.9. The number of aryl methyl sites for hydroxylation is 1. The Balaban J connectivity index is 2.26. The first-order valence-corrected chi connectivity index (χ1v) is 8.00. The smallest absolute Gasteiger partial charge is 0.336 e. The molecule has 0 aliphatic heterocycles. The zero-order valence-corrected chi connectivity index (χ0v) is 13.5. The largest absolute Gasteiger partial charge is 0.423 e. The summed E-state index contributed by atoms with van der Waals surface area (Å²) >= 11 is 0. The summed E-state index contributed by atoms with van der Waals surface area (Å²) in [5, 5.41) is 10.2. The van der Waals surface area contributed by atoms with E-state index in [0.717, 1.165) is 29.5 Å². The molecule has 120 valence electrons. The molecule has 0 aliphatic carbocycles. The lowest BCUT2D eigenvalue weighted by atomic mass is 10.1. The molecule has 2 rings (SSSR count). The van der Waals surface area contributed by atoms with Crippen LogP contribution in [0, 0.1) is 6.92 Å². The highest BCUT2D eigenvalue weighted by molar-refractivity contribution is 5.80. The number of benzene rings is 1. The van der Waals surface area contributed by atoms with E-state index in [1.165, 1.54) is 12.8 Å². The SMILES string of the molecule is CCCCCN(CCO)Cc1cc(=O)oc2cc(C)ccc12. The number of nitrogens with zero attached hydrogens (tertiary/aromatic N) is 1. The highest BCUT2D eigenvalue weighted by Gasteiger charge is 2.10. The standard InChI is InChI=1S/C18H25NO3/c1-3-4-5-8-19(9-10-20)13-15-12-18(21)22-17-11-14(2)6-7-16(15)17/h6-7,11-12,20H,3-5,8-10,13H2,1-2H3. The first kappa shape index (κ1) is 16.7. The third-order valence-corrected chi connectivity index (χ3v) is 3.87. The number of aliphatic hydroxyl groups is 1. The summed E-state index contributed by atoms with van der Waals surface area (Å²) in [6, 6.07) is 7.50. The van der Waals surface area contributed by atoms with Crippen LogP contribution in [0.5, 0.6) is 0 Å². The van der Waals surface area contributed by atoms with Crippen LogP contribution < -0.4 is 5.63 Å². The first-order chi connectivity index (χ1) is 10.6. The normalized spacial score (nSPS) is 11.5. The predicted molar refractivity (Wildman–Crippen MR) is 89.1 cm³/mol. The van der Waals surface area contributed by atoms with Crippen LogP contribution in [0.25, 0.3) is 11.0 Å². The van der Waals surface area contributed by atoms with Crippen LogP contribution in [0.3, 0.4) is 0 Å². The van der Waals surface area contributed by atoms with Crippen LogP contribution in [0.15, 0.2) is 33.5 Å². The Kier molecular flexibility index (Phi) is 6.16. The molecule has 0 fully saturated rings. The summed E-state index contributed by atoms with van der Waals surface area (Å²) in [5.74, 6) is 0. The molecular weight excluding hydrogens is 278 g/mol. The van der Waals surface area contributed by atoms with Gasteiger partial charge in [-0.05, 0) is 37.1 Å². The molecule has 4 heteroatoms. The second kappa shape index (κ2) is 8.11. The van der Waals surface area contributed by atoms with Gasteiger partial charge in [-0.2, -0.15) is 0 Å². The fourth-order valence-electron chi connectivity index (χ4n) is 2.71. The van der Waals surface area contributed by atoms with Gasteiger partial charge in [0.05, 0.1) is 6.61 Å². The molecule has 2 aromatic rings. The number of hydrogen-bond acceptors (Lipinski definition) is 4. The molecule has 1 heterocycles. The van der Waals surface area contributed by atoms with Gasteiger partial charge in [-0.3, -0.25) is 4.90 Å². The lowest BCUT2D eigenvalue weighted by molar-refractivity contribution is 0.188. The monoisotopic (exact) mass is 303 g/mol. The van der Waals surface area contributed by atoms with Crippen molar-refractivity contribution >= 4 is 11.0 Å². The van der Waals surface area contributed by atoms with Gasteiger partial charge in [0.2, 0.25) is 0 Å². The van der Waals surface area contributed by atoms with E-state index in [2.05, 4.69) is 11.8 Å². The highest BCUT2D eigenvalue weighted by Crippen LogP contribution is 2.20. The average Bonchev–Trinajstić information content (AvgIpc) is 2.47. The Morgan fingerprint density at radius 1 is 1.18 bits per heavy atom. The van der Waals surface area contributed by atoms with E-state index in [4.69, 9.17) is 4.42 Å². The van der Waals surface area contributed by atoms with E-state index in [-0.39, 0.29) is 12.2 Å². The van der Waals surface area contributed by atoms with E-state index >= 15 is 0 Å². The van der Waals surface area contributed by atoms with Crippen molar-refractivity contribution in [2.45, 2.75) is 39.7 Å². The molecule has 0 unspecified atom stereocenters. The fraction of sp³-hybridized carbons (Fsp3) is 0.500. The summed E-state index contributed by atoms with van der Waals surface area (Å²) in [6.07, 6.45) is 3.46. The summed E-state index contributed by atoms with van der Waals surface area (Å²) in [5.41, 5.74) is 2.37. The van der Waals surface area contributed by atoms with Crippen molar-refractivity contribution in [2.24, 2.45) is 0 Å². The molecular formula is C18H25NO3. The Morgan fingerprint density at radius 2 is 2.00 bits per heavy atom. The Bertz CT molecular complexity index is 663. The highest BCUT2D eigenvalue weighted by atomic mass is 16.4. The quantitative estimate of drug-likeness (QED) is 0.601. The third-order valence-electron chi connectivity index (χ3n) is 3.87. The van der Waals surface area contributed by atoms with E-state index in [1.54, 1.807) is 6.07 Å². The van der Waals surface area contributed by atoms with Crippen LogP contribution in [0.4, 0.5) is 0 Å². The molecule has 0 bridgehead atoms. The van der Waals surface area contributed by atoms with Gasteiger partial charge in [-0.15, -0.1) is 0 Å². The fourth-order valence-corrected chi connectivity index (χ4v) is 2.71. The third kappa shape index (κ3) is 4.42. The lowest BCUT2D eigenvalue weighted by Crippen LogP contribution is -2.28. The molecule has 4 nitrogen and oxygen atoms in total. The average molecular weight is 303 g/mol. The van der Waals surface area contributed by atoms with Crippen molar-refractivity contribution in [3.63, 3.8) is 0 Å². The van der Waals surface area contributed by atoms with Crippen molar-refractivity contribution in [1.29, 1.82) is 0 Å². The topological polar surface area (TPSA) is 53.7 Å². The molecule has 0 aliphatic rings. The Hall–Kier alpha value is -1.65. The van der Waals surface area contributed by atoms with Gasteiger partial charge in [-0.25, -0.2) is 4.79 Å². The van der Waals surface area contributed by atoms with Crippen LogP contribution in [0.1, 0.15) is 37.3 Å². The molecule has 0 radical (unpaired) electrons. The molecule has 22 heavy (non-hydrogen) atoms. The molecule has 0 atom stereocenters. The van der Waals surface area contributed by atoms with Crippen LogP contribution in [0.2, 0.25) is 0 Å². The first-order valence-electron chi connectivity index (χ1n) is 8.00. The van der Waals surface area contributed by atoms with Gasteiger partial charge in [0, 0.05) is 24.5 Å². The van der Waals surface area contributed by atoms with Crippen molar-refractivity contribution in [3.8, 4) is 0 Å². The van der Waals surface area contributed by atoms with E-state index in [0.29, 0.717) is 18.7 Å². The second-order valence-electron chi connectivity index (χ2n) is 5.80. The number of aliphatic hydroxyl groups excluding tert-OH is 1. The van der Waals surface area contributed by atoms with Crippen molar-refractivity contribution in [2.75, 3.05) is 19.7 Å². The second-order valence-corrected chi connectivity index (χ2v) is 5.80. The van der Waals surface area contributed by atoms with Crippen molar-refractivity contribution in [1.82, 2.24) is 4.90 Å². The molecule has 1 aromatic heterocycles. The minimum absolute atomic E-state index is 0.130. The van der Waals surface area contributed by atoms with Gasteiger partial charge < -0.3 is 9.52 Å². The maximum absolute atomic E-state index is 11.8. The molecule has 0 saturated heterocycles. The maximum atomic E-state index is 11.8. The van der Waals surface area contributed by atoms with Crippen LogP contribution in [-0.2, 0) is 6.54 Å². The van der Waals surface area contributed by atoms with Gasteiger partial charge in [0.25, 0.3) is 0 Å². The van der Waals surface area contributed by atoms with Gasteiger partial charge in [0.1, 0.15) is 5.58 Å². The molecule has 0 saturated carbocycles. The molecule has 0 spiro atoms. The molecule has 1 aromatic carbocycles. The van der Waals surface area contributed by atoms with E-state index < -0.39 is 0 Å². The summed E-state index contributed by atoms with van der Waals surface area (Å²) < 4.78 is 5.30. The van der Waals surface area contributed by atoms with Crippen LogP contribution in [-0.4, -0.2) is 29.7 Å². The number of rotatable bonds is 8. The lowest BCUT2D eigenvalue weighted by Gasteiger charge is -2.21. The number of fused-ring (bicyclic) bond motifs is 1. The number of unbranched alkanes of at least 4 members (excludes halogenated alkanes) is 2. The summed E-state index contributed by atoms with van der Waals surface area (Å²) in [7, 11) is 0. The molecule has 1 N–H and O–H groups in total. The Morgan fingerprint density at radius 3 is 2.73 bits per heavy atom. The van der Waals surface area contributed by atoms with E-state index in [1.807, 2.05) is 25.1 Å². The number of hydrogen-bond donors (Lipinski definition) is 1. The summed E-state index contributed by atoms with van der Waals surface area (Å²) in [6.45, 7) is 6.50. The Labute approximate surface area is 131 Å². The van der Waals surface area contributed by atoms with Crippen molar-refractivity contribution < 1.29 is 9.52 Å². The van der Waals surface area contributed by atoms with Gasteiger partial charge in [-0.1, -0.05) is 31.9 Å². The zero-order valence-electron chi connectivity index (χ0n) is 13.5.